The molecule has 7 heteroatoms. The topological polar surface area (TPSA) is 84.5 Å². The van der Waals surface area contributed by atoms with Crippen molar-refractivity contribution in [3.05, 3.63) is 59.7 Å². The second-order valence-corrected chi connectivity index (χ2v) is 9.37. The largest absolute Gasteiger partial charge is 0.497 e. The van der Waals surface area contributed by atoms with E-state index in [0.717, 1.165) is 55.2 Å². The fourth-order valence-electron chi connectivity index (χ4n) is 3.97. The van der Waals surface area contributed by atoms with E-state index in [0.29, 0.717) is 12.2 Å². The standard InChI is InChI=1S/C22H28N2O4S/c1-28-20-12-6-17(7-13-20)16-23-21(25)22(14-4-3-5-15-22)18-8-10-19(11-9-18)24-29(2,26)27/h6-13,24H,3-5,14-16H2,1-2H3,(H,23,25). The molecule has 0 bridgehead atoms. The molecule has 0 aromatic heterocycles. The summed E-state index contributed by atoms with van der Waals surface area (Å²) in [5, 5.41) is 3.11. The van der Waals surface area contributed by atoms with Gasteiger partial charge in [0.1, 0.15) is 5.75 Å². The van der Waals surface area contributed by atoms with Gasteiger partial charge in [-0.1, -0.05) is 43.5 Å². The van der Waals surface area contributed by atoms with Crippen LogP contribution in [0.4, 0.5) is 5.69 Å². The molecule has 2 aromatic rings. The number of benzene rings is 2. The van der Waals surface area contributed by atoms with E-state index in [4.69, 9.17) is 4.74 Å². The summed E-state index contributed by atoms with van der Waals surface area (Å²) in [4.78, 5) is 13.3. The van der Waals surface area contributed by atoms with Gasteiger partial charge in [0.2, 0.25) is 15.9 Å². The lowest BCUT2D eigenvalue weighted by Crippen LogP contribution is -2.45. The van der Waals surface area contributed by atoms with Crippen LogP contribution in [0.2, 0.25) is 0 Å². The summed E-state index contributed by atoms with van der Waals surface area (Å²) >= 11 is 0. The van der Waals surface area contributed by atoms with E-state index in [1.54, 1.807) is 19.2 Å². The summed E-state index contributed by atoms with van der Waals surface area (Å²) < 4.78 is 30.5. The quantitative estimate of drug-likeness (QED) is 0.722. The van der Waals surface area contributed by atoms with Crippen molar-refractivity contribution in [3.63, 3.8) is 0 Å². The zero-order valence-electron chi connectivity index (χ0n) is 16.9. The molecule has 0 saturated heterocycles. The molecular weight excluding hydrogens is 388 g/mol. The summed E-state index contributed by atoms with van der Waals surface area (Å²) in [6.07, 6.45) is 5.83. The SMILES string of the molecule is COc1ccc(CNC(=O)C2(c3ccc(NS(C)(=O)=O)cc3)CCCCC2)cc1. The molecule has 1 amide bonds. The zero-order chi connectivity index (χ0) is 20.9. The van der Waals surface area contributed by atoms with Gasteiger partial charge in [0.25, 0.3) is 0 Å². The van der Waals surface area contributed by atoms with E-state index in [9.17, 15) is 13.2 Å². The second-order valence-electron chi connectivity index (χ2n) is 7.63. The minimum atomic E-state index is -3.33. The van der Waals surface area contributed by atoms with E-state index < -0.39 is 15.4 Å². The lowest BCUT2D eigenvalue weighted by molar-refractivity contribution is -0.128. The van der Waals surface area contributed by atoms with E-state index in [1.165, 1.54) is 0 Å². The molecule has 0 radical (unpaired) electrons. The average Bonchev–Trinajstić information content (AvgIpc) is 2.72. The number of carbonyl (C=O) groups excluding carboxylic acids is 1. The first kappa shape index (κ1) is 21.2. The van der Waals surface area contributed by atoms with Gasteiger partial charge in [-0.3, -0.25) is 9.52 Å². The van der Waals surface area contributed by atoms with E-state index in [-0.39, 0.29) is 5.91 Å². The number of amides is 1. The van der Waals surface area contributed by atoms with Gasteiger partial charge in [0.15, 0.2) is 0 Å². The van der Waals surface area contributed by atoms with Crippen molar-refractivity contribution >= 4 is 21.6 Å². The van der Waals surface area contributed by atoms with Gasteiger partial charge in [0, 0.05) is 12.2 Å². The second kappa shape index (κ2) is 8.86. The average molecular weight is 417 g/mol. The number of anilines is 1. The summed E-state index contributed by atoms with van der Waals surface area (Å²) in [5.74, 6) is 0.809. The maximum Gasteiger partial charge on any atom is 0.230 e. The summed E-state index contributed by atoms with van der Waals surface area (Å²) in [6, 6.07) is 14.8. The van der Waals surface area contributed by atoms with Crippen LogP contribution < -0.4 is 14.8 Å². The Morgan fingerprint density at radius 1 is 1.00 bits per heavy atom. The molecule has 0 aliphatic heterocycles. The third kappa shape index (κ3) is 5.29. The Bertz CT molecular complexity index is 932. The lowest BCUT2D eigenvalue weighted by atomic mass is 9.68. The molecule has 2 N–H and O–H groups in total. The molecule has 156 valence electrons. The Hall–Kier alpha value is -2.54. The van der Waals surface area contributed by atoms with Crippen molar-refractivity contribution in [1.29, 1.82) is 0 Å². The lowest BCUT2D eigenvalue weighted by Gasteiger charge is -2.36. The molecular formula is C22H28N2O4S. The third-order valence-electron chi connectivity index (χ3n) is 5.49. The van der Waals surface area contributed by atoms with E-state index in [2.05, 4.69) is 10.0 Å². The van der Waals surface area contributed by atoms with Crippen molar-refractivity contribution in [2.24, 2.45) is 0 Å². The van der Waals surface area contributed by atoms with E-state index in [1.807, 2.05) is 36.4 Å². The predicted octanol–water partition coefficient (Wildman–Crippen LogP) is 3.59. The highest BCUT2D eigenvalue weighted by atomic mass is 32.2. The number of hydrogen-bond donors (Lipinski definition) is 2. The molecule has 1 aliphatic rings. The number of ether oxygens (including phenoxy) is 1. The summed E-state index contributed by atoms with van der Waals surface area (Å²) in [5.41, 5.74) is 1.87. The smallest absolute Gasteiger partial charge is 0.230 e. The normalized spacial score (nSPS) is 16.1. The molecule has 0 unspecified atom stereocenters. The molecule has 2 aromatic carbocycles. The zero-order valence-corrected chi connectivity index (χ0v) is 17.7. The van der Waals surface area contributed by atoms with Crippen LogP contribution in [0.15, 0.2) is 48.5 Å². The van der Waals surface area contributed by atoms with Gasteiger partial charge in [-0.15, -0.1) is 0 Å². The van der Waals surface area contributed by atoms with Gasteiger partial charge in [-0.05, 0) is 48.2 Å². The van der Waals surface area contributed by atoms with Crippen LogP contribution in [0.25, 0.3) is 0 Å². The van der Waals surface area contributed by atoms with Gasteiger partial charge in [-0.2, -0.15) is 0 Å². The first-order valence-electron chi connectivity index (χ1n) is 9.82. The van der Waals surface area contributed by atoms with Crippen LogP contribution in [0.1, 0.15) is 43.2 Å². The van der Waals surface area contributed by atoms with Gasteiger partial charge >= 0.3 is 0 Å². The van der Waals surface area contributed by atoms with Crippen LogP contribution in [-0.4, -0.2) is 27.7 Å². The van der Waals surface area contributed by atoms with Crippen molar-refractivity contribution < 1.29 is 17.9 Å². The van der Waals surface area contributed by atoms with Crippen LogP contribution in [0.5, 0.6) is 5.75 Å². The molecule has 1 aliphatic carbocycles. The number of nitrogens with one attached hydrogen (secondary N) is 2. The minimum Gasteiger partial charge on any atom is -0.497 e. The Morgan fingerprint density at radius 2 is 1.62 bits per heavy atom. The Labute approximate surface area is 172 Å². The van der Waals surface area contributed by atoms with E-state index >= 15 is 0 Å². The molecule has 6 nitrogen and oxygen atoms in total. The maximum atomic E-state index is 13.3. The van der Waals surface area contributed by atoms with Crippen LogP contribution in [-0.2, 0) is 26.8 Å². The Balaban J connectivity index is 1.77. The predicted molar refractivity (Wildman–Crippen MR) is 115 cm³/mol. The number of carbonyl (C=O) groups is 1. The number of methoxy groups -OCH3 is 1. The maximum absolute atomic E-state index is 13.3. The third-order valence-corrected chi connectivity index (χ3v) is 6.10. The fraction of sp³-hybridized carbons (Fsp3) is 0.409. The molecule has 0 atom stereocenters. The molecule has 1 fully saturated rings. The Morgan fingerprint density at radius 3 is 2.17 bits per heavy atom. The molecule has 1 saturated carbocycles. The molecule has 3 rings (SSSR count). The molecule has 29 heavy (non-hydrogen) atoms. The highest BCUT2D eigenvalue weighted by Gasteiger charge is 2.40. The molecule has 0 spiro atoms. The van der Waals surface area contributed by atoms with Crippen LogP contribution in [0, 0.1) is 0 Å². The van der Waals surface area contributed by atoms with Crippen molar-refractivity contribution in [3.8, 4) is 5.75 Å². The highest BCUT2D eigenvalue weighted by Crippen LogP contribution is 2.40. The number of sulfonamides is 1. The van der Waals surface area contributed by atoms with Crippen molar-refractivity contribution in [2.75, 3.05) is 18.1 Å². The van der Waals surface area contributed by atoms with Crippen molar-refractivity contribution in [2.45, 2.75) is 44.1 Å². The fourth-order valence-corrected chi connectivity index (χ4v) is 4.53. The van der Waals surface area contributed by atoms with Crippen LogP contribution >= 0.6 is 0 Å². The van der Waals surface area contributed by atoms with Crippen LogP contribution in [0.3, 0.4) is 0 Å². The summed E-state index contributed by atoms with van der Waals surface area (Å²) in [7, 11) is -1.70. The number of hydrogen-bond acceptors (Lipinski definition) is 4. The van der Waals surface area contributed by atoms with Gasteiger partial charge in [0.05, 0.1) is 18.8 Å². The first-order valence-corrected chi connectivity index (χ1v) is 11.7. The number of rotatable bonds is 7. The molecule has 0 heterocycles. The minimum absolute atomic E-state index is 0.0249. The van der Waals surface area contributed by atoms with Gasteiger partial charge in [-0.25, -0.2) is 8.42 Å². The summed E-state index contributed by atoms with van der Waals surface area (Å²) in [6.45, 7) is 0.457. The first-order chi connectivity index (χ1) is 13.8. The monoisotopic (exact) mass is 416 g/mol. The Kier molecular flexibility index (Phi) is 6.47. The van der Waals surface area contributed by atoms with Gasteiger partial charge < -0.3 is 10.1 Å². The highest BCUT2D eigenvalue weighted by molar-refractivity contribution is 7.92. The van der Waals surface area contributed by atoms with Crippen molar-refractivity contribution in [1.82, 2.24) is 5.32 Å².